The minimum Gasteiger partial charge on any atom is -0.405 e. The molecule has 0 unspecified atom stereocenters. The van der Waals surface area contributed by atoms with Crippen molar-refractivity contribution in [1.29, 1.82) is 0 Å². The molecular formula is C14H13F3N2O3. The second-order valence-electron chi connectivity index (χ2n) is 5.15. The highest BCUT2D eigenvalue weighted by atomic mass is 19.4. The van der Waals surface area contributed by atoms with E-state index in [4.69, 9.17) is 9.26 Å². The Bertz CT molecular complexity index is 663. The van der Waals surface area contributed by atoms with Gasteiger partial charge < -0.3 is 14.0 Å². The Kier molecular flexibility index (Phi) is 3.56. The second-order valence-corrected chi connectivity index (χ2v) is 5.15. The Labute approximate surface area is 124 Å². The molecule has 1 aromatic carbocycles. The zero-order chi connectivity index (χ0) is 15.8. The van der Waals surface area contributed by atoms with Crippen LogP contribution in [0.2, 0.25) is 0 Å². The van der Waals surface area contributed by atoms with Gasteiger partial charge in [0.1, 0.15) is 11.4 Å². The van der Waals surface area contributed by atoms with Crippen molar-refractivity contribution in [3.05, 3.63) is 30.2 Å². The molecule has 1 saturated heterocycles. The van der Waals surface area contributed by atoms with Crippen molar-refractivity contribution >= 4 is 0 Å². The summed E-state index contributed by atoms with van der Waals surface area (Å²) in [6.45, 7) is 2.40. The quantitative estimate of drug-likeness (QED) is 0.865. The molecule has 1 aliphatic heterocycles. The molecule has 0 radical (unpaired) electrons. The smallest absolute Gasteiger partial charge is 0.405 e. The van der Waals surface area contributed by atoms with Crippen LogP contribution in [-0.2, 0) is 10.3 Å². The molecule has 0 N–H and O–H groups in total. The molecule has 8 heteroatoms. The largest absolute Gasteiger partial charge is 0.573 e. The second kappa shape index (κ2) is 5.28. The lowest BCUT2D eigenvalue weighted by Gasteiger charge is -2.17. The molecule has 0 aliphatic carbocycles. The molecule has 1 atom stereocenters. The van der Waals surface area contributed by atoms with Crippen LogP contribution in [0.25, 0.3) is 11.4 Å². The first-order valence-electron chi connectivity index (χ1n) is 6.71. The van der Waals surface area contributed by atoms with Gasteiger partial charge in [-0.1, -0.05) is 17.3 Å². The molecule has 3 rings (SSSR count). The van der Waals surface area contributed by atoms with Crippen molar-refractivity contribution in [3.8, 4) is 17.1 Å². The van der Waals surface area contributed by atoms with E-state index in [-0.39, 0.29) is 23.0 Å². The van der Waals surface area contributed by atoms with Crippen LogP contribution in [0.4, 0.5) is 13.2 Å². The molecule has 0 bridgehead atoms. The van der Waals surface area contributed by atoms with Gasteiger partial charge in [-0.05, 0) is 31.9 Å². The van der Waals surface area contributed by atoms with E-state index >= 15 is 0 Å². The Morgan fingerprint density at radius 1 is 1.27 bits per heavy atom. The van der Waals surface area contributed by atoms with E-state index < -0.39 is 12.0 Å². The molecule has 1 aromatic heterocycles. The highest BCUT2D eigenvalue weighted by Crippen LogP contribution is 2.37. The lowest BCUT2D eigenvalue weighted by Crippen LogP contribution is -2.20. The number of para-hydroxylation sites is 1. The summed E-state index contributed by atoms with van der Waals surface area (Å²) in [5.74, 6) is -0.0896. The first-order chi connectivity index (χ1) is 10.4. The number of aromatic nitrogens is 2. The number of hydrogen-bond donors (Lipinski definition) is 0. The molecule has 0 saturated carbocycles. The topological polar surface area (TPSA) is 57.4 Å². The average Bonchev–Trinajstić information content (AvgIpc) is 3.07. The Hall–Kier alpha value is -2.09. The number of nitrogens with zero attached hydrogens (tertiary/aromatic N) is 2. The highest BCUT2D eigenvalue weighted by Gasteiger charge is 2.38. The number of alkyl halides is 3. The van der Waals surface area contributed by atoms with Gasteiger partial charge in [-0.25, -0.2) is 0 Å². The van der Waals surface area contributed by atoms with E-state index in [2.05, 4.69) is 14.9 Å². The molecule has 118 valence electrons. The van der Waals surface area contributed by atoms with Gasteiger partial charge in [0.15, 0.2) is 0 Å². The van der Waals surface area contributed by atoms with Crippen LogP contribution in [0.5, 0.6) is 5.75 Å². The molecule has 22 heavy (non-hydrogen) atoms. The molecule has 2 aromatic rings. The minimum absolute atomic E-state index is 0.0339. The number of ether oxygens (including phenoxy) is 2. The average molecular weight is 314 g/mol. The van der Waals surface area contributed by atoms with Gasteiger partial charge in [0.2, 0.25) is 5.82 Å². The standard InChI is InChI=1S/C14H13F3N2O3/c1-13(7-4-8-20-13)12-18-11(19-22-12)9-5-2-3-6-10(9)21-14(15,16)17/h2-3,5-6H,4,7-8H2,1H3/t13-/m0/s1. The van der Waals surface area contributed by atoms with Crippen LogP contribution < -0.4 is 4.74 Å². The van der Waals surface area contributed by atoms with Gasteiger partial charge in [0, 0.05) is 6.61 Å². The van der Waals surface area contributed by atoms with Gasteiger partial charge in [-0.15, -0.1) is 13.2 Å². The van der Waals surface area contributed by atoms with Crippen molar-refractivity contribution < 1.29 is 27.2 Å². The van der Waals surface area contributed by atoms with E-state index in [9.17, 15) is 13.2 Å². The maximum atomic E-state index is 12.4. The molecule has 0 spiro atoms. The molecular weight excluding hydrogens is 301 g/mol. The fourth-order valence-electron chi connectivity index (χ4n) is 2.36. The summed E-state index contributed by atoms with van der Waals surface area (Å²) in [4.78, 5) is 4.17. The van der Waals surface area contributed by atoms with Gasteiger partial charge >= 0.3 is 6.36 Å². The predicted molar refractivity (Wildman–Crippen MR) is 69.0 cm³/mol. The lowest BCUT2D eigenvalue weighted by molar-refractivity contribution is -0.274. The van der Waals surface area contributed by atoms with Crippen LogP contribution in [-0.4, -0.2) is 23.1 Å². The number of benzene rings is 1. The van der Waals surface area contributed by atoms with Crippen molar-refractivity contribution in [2.45, 2.75) is 31.7 Å². The van der Waals surface area contributed by atoms with Crippen LogP contribution in [0, 0.1) is 0 Å². The summed E-state index contributed by atoms with van der Waals surface area (Å²) in [5.41, 5.74) is -0.582. The van der Waals surface area contributed by atoms with E-state index in [0.29, 0.717) is 6.61 Å². The van der Waals surface area contributed by atoms with Crippen LogP contribution in [0.15, 0.2) is 28.8 Å². The van der Waals surface area contributed by atoms with E-state index in [1.165, 1.54) is 18.2 Å². The zero-order valence-corrected chi connectivity index (χ0v) is 11.7. The third kappa shape index (κ3) is 2.92. The molecule has 5 nitrogen and oxygen atoms in total. The first kappa shape index (κ1) is 14.8. The number of hydrogen-bond acceptors (Lipinski definition) is 5. The first-order valence-corrected chi connectivity index (χ1v) is 6.71. The minimum atomic E-state index is -4.79. The summed E-state index contributed by atoms with van der Waals surface area (Å²) in [6.07, 6.45) is -3.21. The normalized spacial score (nSPS) is 22.0. The predicted octanol–water partition coefficient (Wildman–Crippen LogP) is 3.66. The van der Waals surface area contributed by atoms with Crippen LogP contribution in [0.1, 0.15) is 25.7 Å². The van der Waals surface area contributed by atoms with Crippen molar-refractivity contribution in [3.63, 3.8) is 0 Å². The third-order valence-corrected chi connectivity index (χ3v) is 3.45. The Morgan fingerprint density at radius 3 is 2.73 bits per heavy atom. The van der Waals surface area contributed by atoms with E-state index in [1.54, 1.807) is 6.07 Å². The molecule has 1 fully saturated rings. The summed E-state index contributed by atoms with van der Waals surface area (Å²) in [7, 11) is 0. The van der Waals surface area contributed by atoms with Gasteiger partial charge in [-0.3, -0.25) is 0 Å². The van der Waals surface area contributed by atoms with Crippen LogP contribution in [0.3, 0.4) is 0 Å². The van der Waals surface area contributed by atoms with Gasteiger partial charge in [-0.2, -0.15) is 4.98 Å². The Balaban J connectivity index is 1.94. The van der Waals surface area contributed by atoms with Crippen LogP contribution >= 0.6 is 0 Å². The number of halogens is 3. The summed E-state index contributed by atoms with van der Waals surface area (Å²) in [5, 5.41) is 3.75. The molecule has 1 aliphatic rings. The summed E-state index contributed by atoms with van der Waals surface area (Å²) in [6, 6.07) is 5.65. The number of rotatable bonds is 3. The van der Waals surface area contributed by atoms with Crippen molar-refractivity contribution in [2.75, 3.05) is 6.61 Å². The Morgan fingerprint density at radius 2 is 2.05 bits per heavy atom. The van der Waals surface area contributed by atoms with E-state index in [1.807, 2.05) is 6.92 Å². The summed E-state index contributed by atoms with van der Waals surface area (Å²) < 4.78 is 52.1. The lowest BCUT2D eigenvalue weighted by atomic mass is 10.0. The van der Waals surface area contributed by atoms with Crippen molar-refractivity contribution in [1.82, 2.24) is 10.1 Å². The summed E-state index contributed by atoms with van der Waals surface area (Å²) >= 11 is 0. The fraction of sp³-hybridized carbons (Fsp3) is 0.429. The molecule has 2 heterocycles. The molecule has 0 amide bonds. The zero-order valence-electron chi connectivity index (χ0n) is 11.7. The third-order valence-electron chi connectivity index (χ3n) is 3.45. The maximum absolute atomic E-state index is 12.4. The SMILES string of the molecule is C[C@@]1(c2nc(-c3ccccc3OC(F)(F)F)no2)CCCO1. The van der Waals surface area contributed by atoms with Crippen molar-refractivity contribution in [2.24, 2.45) is 0 Å². The monoisotopic (exact) mass is 314 g/mol. The van der Waals surface area contributed by atoms with E-state index in [0.717, 1.165) is 12.8 Å². The fourth-order valence-corrected chi connectivity index (χ4v) is 2.36. The van der Waals surface area contributed by atoms with Gasteiger partial charge in [0.25, 0.3) is 5.89 Å². The van der Waals surface area contributed by atoms with Gasteiger partial charge in [0.05, 0.1) is 5.56 Å². The maximum Gasteiger partial charge on any atom is 0.573 e. The highest BCUT2D eigenvalue weighted by molar-refractivity contribution is 5.63.